The molecule has 4 bridgehead atoms. The van der Waals surface area contributed by atoms with Crippen molar-refractivity contribution in [1.82, 2.24) is 14.6 Å². The van der Waals surface area contributed by atoms with Crippen LogP contribution in [0.25, 0.3) is 5.65 Å². The summed E-state index contributed by atoms with van der Waals surface area (Å²) >= 11 is 6.28. The Hall–Kier alpha value is -2.11. The summed E-state index contributed by atoms with van der Waals surface area (Å²) in [6.07, 6.45) is 9.22. The molecule has 4 fully saturated rings. The van der Waals surface area contributed by atoms with Crippen LogP contribution >= 0.6 is 11.6 Å². The topological polar surface area (TPSA) is 48.7 Å². The summed E-state index contributed by atoms with van der Waals surface area (Å²) < 4.78 is 14.5. The maximum Gasteiger partial charge on any atom is 0.203 e. The van der Waals surface area contributed by atoms with Gasteiger partial charge in [-0.25, -0.2) is 0 Å². The van der Waals surface area contributed by atoms with Gasteiger partial charge in [0.2, 0.25) is 5.65 Å². The molecule has 2 unspecified atom stereocenters. The zero-order valence-corrected chi connectivity index (χ0v) is 18.2. The van der Waals surface area contributed by atoms with E-state index in [1.807, 2.05) is 44.4 Å². The molecule has 0 saturated heterocycles. The molecule has 0 aliphatic heterocycles. The molecular formula is C24H26ClN3O2. The van der Waals surface area contributed by atoms with Gasteiger partial charge in [0.25, 0.3) is 0 Å². The summed E-state index contributed by atoms with van der Waals surface area (Å²) in [6.45, 7) is 1.96. The van der Waals surface area contributed by atoms with Crippen LogP contribution < -0.4 is 4.74 Å². The van der Waals surface area contributed by atoms with Gasteiger partial charge in [-0.3, -0.25) is 4.40 Å². The number of aromatic nitrogens is 3. The lowest BCUT2D eigenvalue weighted by atomic mass is 9.47. The van der Waals surface area contributed by atoms with Crippen LogP contribution in [0.4, 0.5) is 0 Å². The van der Waals surface area contributed by atoms with Crippen molar-refractivity contribution in [2.45, 2.75) is 56.5 Å². The lowest BCUT2D eigenvalue weighted by Gasteiger charge is -2.60. The zero-order chi connectivity index (χ0) is 20.5. The number of fused-ring (bicyclic) bond motifs is 1. The van der Waals surface area contributed by atoms with Crippen molar-refractivity contribution in [1.29, 1.82) is 0 Å². The number of ether oxygens (including phenoxy) is 2. The molecule has 6 heteroatoms. The smallest absolute Gasteiger partial charge is 0.203 e. The van der Waals surface area contributed by atoms with Crippen LogP contribution in [0.15, 0.2) is 36.5 Å². The lowest BCUT2D eigenvalue weighted by molar-refractivity contribution is -0.158. The predicted molar refractivity (Wildman–Crippen MR) is 115 cm³/mol. The molecule has 7 rings (SSSR count). The van der Waals surface area contributed by atoms with Gasteiger partial charge in [-0.15, -0.1) is 10.2 Å². The van der Waals surface area contributed by atoms with Crippen molar-refractivity contribution in [2.24, 2.45) is 11.8 Å². The maximum absolute atomic E-state index is 6.28. The SMILES string of the molecule is COC12CC3CC(C1)CC(c1nnc4c(Oc5cccc(Cl)c5C)cccn14)(C3)C2. The number of hydrogen-bond donors (Lipinski definition) is 0. The Morgan fingerprint density at radius 3 is 2.57 bits per heavy atom. The average Bonchev–Trinajstić information content (AvgIpc) is 3.17. The third-order valence-electron chi connectivity index (χ3n) is 7.75. The molecule has 2 heterocycles. The van der Waals surface area contributed by atoms with Gasteiger partial charge in [0.05, 0.1) is 5.60 Å². The number of nitrogens with zero attached hydrogens (tertiary/aromatic N) is 3. The van der Waals surface area contributed by atoms with Gasteiger partial charge in [-0.2, -0.15) is 0 Å². The third kappa shape index (κ3) is 2.64. The zero-order valence-electron chi connectivity index (χ0n) is 17.4. The Labute approximate surface area is 181 Å². The van der Waals surface area contributed by atoms with E-state index in [0.29, 0.717) is 10.8 Å². The first-order chi connectivity index (χ1) is 14.5. The summed E-state index contributed by atoms with van der Waals surface area (Å²) in [4.78, 5) is 0. The van der Waals surface area contributed by atoms with Crippen LogP contribution in [0, 0.1) is 18.8 Å². The molecule has 4 saturated carbocycles. The van der Waals surface area contributed by atoms with Gasteiger partial charge in [-0.05, 0) is 81.5 Å². The van der Waals surface area contributed by atoms with E-state index in [2.05, 4.69) is 15.7 Å². The van der Waals surface area contributed by atoms with E-state index in [9.17, 15) is 0 Å². The van der Waals surface area contributed by atoms with Crippen LogP contribution in [0.2, 0.25) is 5.02 Å². The number of methoxy groups -OCH3 is 1. The second-order valence-electron chi connectivity index (χ2n) is 9.68. The second-order valence-corrected chi connectivity index (χ2v) is 10.1. The molecule has 2 aromatic heterocycles. The Bertz CT molecular complexity index is 1130. The van der Waals surface area contributed by atoms with E-state index in [4.69, 9.17) is 26.2 Å². The van der Waals surface area contributed by atoms with Gasteiger partial charge < -0.3 is 9.47 Å². The highest BCUT2D eigenvalue weighted by Gasteiger charge is 2.60. The average molecular weight is 424 g/mol. The largest absolute Gasteiger partial charge is 0.453 e. The maximum atomic E-state index is 6.28. The monoisotopic (exact) mass is 423 g/mol. The molecule has 0 amide bonds. The quantitative estimate of drug-likeness (QED) is 0.538. The molecule has 4 aliphatic rings. The molecular weight excluding hydrogens is 398 g/mol. The number of benzene rings is 1. The van der Waals surface area contributed by atoms with E-state index in [1.165, 1.54) is 32.1 Å². The third-order valence-corrected chi connectivity index (χ3v) is 8.16. The fourth-order valence-corrected chi connectivity index (χ4v) is 6.99. The standard InChI is InChI=1S/C24H26ClN3O2/c1-15-18(25)5-3-6-19(15)30-20-7-4-8-28-21(20)26-27-22(28)23-10-16-9-17(11-23)13-24(12-16,14-23)29-2/h3-8,16-17H,9-14H2,1-2H3. The summed E-state index contributed by atoms with van der Waals surface area (Å²) in [6, 6.07) is 9.67. The van der Waals surface area contributed by atoms with Crippen LogP contribution in [0.3, 0.4) is 0 Å². The Morgan fingerprint density at radius 1 is 1.03 bits per heavy atom. The highest BCUT2D eigenvalue weighted by Crippen LogP contribution is 2.63. The highest BCUT2D eigenvalue weighted by molar-refractivity contribution is 6.31. The van der Waals surface area contributed by atoms with Crippen molar-refractivity contribution < 1.29 is 9.47 Å². The molecule has 2 atom stereocenters. The van der Waals surface area contributed by atoms with Crippen molar-refractivity contribution in [3.8, 4) is 11.5 Å². The Morgan fingerprint density at radius 2 is 1.80 bits per heavy atom. The molecule has 0 N–H and O–H groups in total. The molecule has 3 aromatic rings. The van der Waals surface area contributed by atoms with Crippen molar-refractivity contribution in [3.05, 3.63) is 52.9 Å². The van der Waals surface area contributed by atoms with Crippen molar-refractivity contribution in [2.75, 3.05) is 7.11 Å². The second kappa shape index (κ2) is 6.44. The van der Waals surface area contributed by atoms with Gasteiger partial charge in [-0.1, -0.05) is 17.7 Å². The highest BCUT2D eigenvalue weighted by atomic mass is 35.5. The molecule has 0 radical (unpaired) electrons. The predicted octanol–water partition coefficient (Wildman–Crippen LogP) is 5.72. The first kappa shape index (κ1) is 18.6. The van der Waals surface area contributed by atoms with Crippen molar-refractivity contribution in [3.63, 3.8) is 0 Å². The first-order valence-corrected chi connectivity index (χ1v) is 11.2. The minimum Gasteiger partial charge on any atom is -0.453 e. The summed E-state index contributed by atoms with van der Waals surface area (Å²) in [5.41, 5.74) is 1.74. The molecule has 0 spiro atoms. The summed E-state index contributed by atoms with van der Waals surface area (Å²) in [7, 11) is 1.89. The van der Waals surface area contributed by atoms with Crippen molar-refractivity contribution >= 4 is 17.2 Å². The molecule has 1 aromatic carbocycles. The van der Waals surface area contributed by atoms with E-state index in [1.54, 1.807) is 0 Å². The summed E-state index contributed by atoms with van der Waals surface area (Å²) in [5.74, 6) is 3.97. The Balaban J connectivity index is 1.43. The van der Waals surface area contributed by atoms with Crippen LogP contribution in [0.5, 0.6) is 11.5 Å². The van der Waals surface area contributed by atoms with E-state index >= 15 is 0 Å². The number of halogens is 1. The van der Waals surface area contributed by atoms with Crippen LogP contribution in [0.1, 0.15) is 49.9 Å². The number of hydrogen-bond acceptors (Lipinski definition) is 4. The molecule has 30 heavy (non-hydrogen) atoms. The number of rotatable bonds is 4. The van der Waals surface area contributed by atoms with Gasteiger partial charge >= 0.3 is 0 Å². The van der Waals surface area contributed by atoms with Crippen LogP contribution in [-0.2, 0) is 10.2 Å². The summed E-state index contributed by atoms with van der Waals surface area (Å²) in [5, 5.41) is 10.0. The fourth-order valence-electron chi connectivity index (χ4n) is 6.83. The Kier molecular flexibility index (Phi) is 4.00. The van der Waals surface area contributed by atoms with Gasteiger partial charge in [0.15, 0.2) is 5.75 Å². The normalized spacial score (nSPS) is 32.1. The molecule has 156 valence electrons. The number of pyridine rings is 1. The lowest BCUT2D eigenvalue weighted by Crippen LogP contribution is -2.58. The molecule has 5 nitrogen and oxygen atoms in total. The minimum absolute atomic E-state index is 0.0158. The van der Waals surface area contributed by atoms with E-state index in [0.717, 1.165) is 41.0 Å². The minimum atomic E-state index is 0.0158. The van der Waals surface area contributed by atoms with Crippen LogP contribution in [-0.4, -0.2) is 27.3 Å². The van der Waals surface area contributed by atoms with Gasteiger partial charge in [0.1, 0.15) is 11.6 Å². The fraction of sp³-hybridized carbons (Fsp3) is 0.500. The first-order valence-electron chi connectivity index (χ1n) is 10.8. The van der Waals surface area contributed by atoms with E-state index in [-0.39, 0.29) is 11.0 Å². The van der Waals surface area contributed by atoms with E-state index < -0.39 is 0 Å². The molecule has 4 aliphatic carbocycles. The van der Waals surface area contributed by atoms with Gasteiger partial charge in [0, 0.05) is 29.3 Å².